The van der Waals surface area contributed by atoms with Gasteiger partial charge in [0.2, 0.25) is 0 Å². The summed E-state index contributed by atoms with van der Waals surface area (Å²) in [6.07, 6.45) is 0. The molecule has 0 fully saturated rings. The summed E-state index contributed by atoms with van der Waals surface area (Å²) in [7, 11) is 1.60. The number of hydrogen-bond donors (Lipinski definition) is 1. The van der Waals surface area contributed by atoms with Crippen LogP contribution < -0.4 is 10.1 Å². The predicted molar refractivity (Wildman–Crippen MR) is 75.3 cm³/mol. The molecule has 1 N–H and O–H groups in total. The van der Waals surface area contributed by atoms with Gasteiger partial charge in [0, 0.05) is 12.1 Å². The van der Waals surface area contributed by atoms with Gasteiger partial charge in [-0.3, -0.25) is 4.79 Å². The molecule has 0 aliphatic heterocycles. The Morgan fingerprint density at radius 1 is 1.25 bits per heavy atom. The molecule has 0 spiro atoms. The summed E-state index contributed by atoms with van der Waals surface area (Å²) < 4.78 is 18.1. The van der Waals surface area contributed by atoms with Crippen molar-refractivity contribution >= 4 is 5.91 Å². The number of ether oxygens (including phenoxy) is 1. The summed E-state index contributed by atoms with van der Waals surface area (Å²) in [6, 6.07) is 11.6. The lowest BCUT2D eigenvalue weighted by atomic mass is 10.1. The van der Waals surface area contributed by atoms with E-state index in [0.29, 0.717) is 17.7 Å². The molecule has 4 heteroatoms. The van der Waals surface area contributed by atoms with Crippen molar-refractivity contribution in [3.63, 3.8) is 0 Å². The van der Waals surface area contributed by atoms with E-state index in [0.717, 1.165) is 11.3 Å². The van der Waals surface area contributed by atoms with E-state index in [2.05, 4.69) is 5.32 Å². The molecule has 0 aliphatic rings. The molecule has 1 amide bonds. The monoisotopic (exact) mass is 273 g/mol. The molecular weight excluding hydrogens is 257 g/mol. The van der Waals surface area contributed by atoms with Crippen molar-refractivity contribution in [2.75, 3.05) is 7.11 Å². The molecule has 3 nitrogen and oxygen atoms in total. The second-order valence-corrected chi connectivity index (χ2v) is 4.49. The second kappa shape index (κ2) is 6.19. The molecule has 104 valence electrons. The zero-order chi connectivity index (χ0) is 14.5. The first-order valence-electron chi connectivity index (χ1n) is 6.27. The maximum Gasteiger partial charge on any atom is 0.251 e. The summed E-state index contributed by atoms with van der Waals surface area (Å²) in [4.78, 5) is 12.0. The molecular formula is C16H16FNO2. The van der Waals surface area contributed by atoms with Crippen LogP contribution in [0.2, 0.25) is 0 Å². The molecule has 0 saturated carbocycles. The number of methoxy groups -OCH3 is 1. The number of rotatable bonds is 4. The third-order valence-corrected chi connectivity index (χ3v) is 3.02. The molecule has 0 heterocycles. The van der Waals surface area contributed by atoms with Crippen LogP contribution in [-0.4, -0.2) is 13.0 Å². The van der Waals surface area contributed by atoms with Crippen LogP contribution in [0.15, 0.2) is 42.5 Å². The van der Waals surface area contributed by atoms with E-state index < -0.39 is 0 Å². The van der Waals surface area contributed by atoms with Gasteiger partial charge in [-0.1, -0.05) is 12.1 Å². The van der Waals surface area contributed by atoms with E-state index in [1.54, 1.807) is 14.0 Å². The normalized spacial score (nSPS) is 10.2. The van der Waals surface area contributed by atoms with Gasteiger partial charge >= 0.3 is 0 Å². The number of hydrogen-bond acceptors (Lipinski definition) is 2. The van der Waals surface area contributed by atoms with Crippen LogP contribution in [0.5, 0.6) is 5.75 Å². The number of carbonyl (C=O) groups is 1. The van der Waals surface area contributed by atoms with Crippen molar-refractivity contribution in [3.8, 4) is 5.75 Å². The van der Waals surface area contributed by atoms with Gasteiger partial charge in [0.15, 0.2) is 0 Å². The van der Waals surface area contributed by atoms with E-state index in [9.17, 15) is 9.18 Å². The van der Waals surface area contributed by atoms with E-state index in [4.69, 9.17) is 4.74 Å². The lowest BCUT2D eigenvalue weighted by molar-refractivity contribution is 0.0950. The van der Waals surface area contributed by atoms with Crippen molar-refractivity contribution in [3.05, 3.63) is 65.0 Å². The molecule has 0 atom stereocenters. The molecule has 0 aliphatic carbocycles. The fraction of sp³-hybridized carbons (Fsp3) is 0.188. The zero-order valence-electron chi connectivity index (χ0n) is 11.4. The highest BCUT2D eigenvalue weighted by Gasteiger charge is 2.09. The first kappa shape index (κ1) is 14.1. The van der Waals surface area contributed by atoms with E-state index in [1.807, 2.05) is 24.3 Å². The number of benzene rings is 2. The molecule has 0 radical (unpaired) electrons. The smallest absolute Gasteiger partial charge is 0.251 e. The van der Waals surface area contributed by atoms with Crippen LogP contribution >= 0.6 is 0 Å². The van der Waals surface area contributed by atoms with Gasteiger partial charge in [-0.2, -0.15) is 0 Å². The van der Waals surface area contributed by atoms with Gasteiger partial charge in [-0.15, -0.1) is 0 Å². The fourth-order valence-electron chi connectivity index (χ4n) is 1.94. The summed E-state index contributed by atoms with van der Waals surface area (Å²) in [5.74, 6) is 0.187. The fourth-order valence-corrected chi connectivity index (χ4v) is 1.94. The third-order valence-electron chi connectivity index (χ3n) is 3.02. The average Bonchev–Trinajstić information content (AvgIpc) is 2.45. The molecule has 0 saturated heterocycles. The highest BCUT2D eigenvalue weighted by atomic mass is 19.1. The predicted octanol–water partition coefficient (Wildman–Crippen LogP) is 3.07. The minimum Gasteiger partial charge on any atom is -0.497 e. The molecule has 0 unspecified atom stereocenters. The zero-order valence-corrected chi connectivity index (χ0v) is 11.4. The summed E-state index contributed by atoms with van der Waals surface area (Å²) in [6.45, 7) is 2.11. The lowest BCUT2D eigenvalue weighted by Crippen LogP contribution is -2.23. The number of aryl methyl sites for hydroxylation is 1. The molecule has 20 heavy (non-hydrogen) atoms. The van der Waals surface area contributed by atoms with Crippen molar-refractivity contribution in [1.29, 1.82) is 0 Å². The Kier molecular flexibility index (Phi) is 4.35. The summed E-state index contributed by atoms with van der Waals surface area (Å²) >= 11 is 0. The Morgan fingerprint density at radius 2 is 2.05 bits per heavy atom. The number of nitrogens with one attached hydrogen (secondary N) is 1. The van der Waals surface area contributed by atoms with Crippen LogP contribution in [0.3, 0.4) is 0 Å². The van der Waals surface area contributed by atoms with Crippen molar-refractivity contribution < 1.29 is 13.9 Å². The molecule has 2 rings (SSSR count). The largest absolute Gasteiger partial charge is 0.497 e. The van der Waals surface area contributed by atoms with E-state index >= 15 is 0 Å². The van der Waals surface area contributed by atoms with E-state index in [1.165, 1.54) is 18.2 Å². The Balaban J connectivity index is 2.04. The van der Waals surface area contributed by atoms with Crippen molar-refractivity contribution in [2.24, 2.45) is 0 Å². The first-order valence-corrected chi connectivity index (χ1v) is 6.27. The molecule has 2 aromatic carbocycles. The summed E-state index contributed by atoms with van der Waals surface area (Å²) in [5.41, 5.74) is 2.04. The SMILES string of the molecule is COc1cccc(CNC(=O)c2ccc(F)cc2C)c1. The quantitative estimate of drug-likeness (QED) is 0.929. The molecule has 0 bridgehead atoms. The lowest BCUT2D eigenvalue weighted by Gasteiger charge is -2.09. The maximum atomic E-state index is 13.0. The Labute approximate surface area is 117 Å². The van der Waals surface area contributed by atoms with Gasteiger partial charge < -0.3 is 10.1 Å². The van der Waals surface area contributed by atoms with E-state index in [-0.39, 0.29) is 11.7 Å². The minimum absolute atomic E-state index is 0.217. The Morgan fingerprint density at radius 3 is 2.75 bits per heavy atom. The van der Waals surface area contributed by atoms with Gasteiger partial charge in [0.05, 0.1) is 7.11 Å². The molecule has 2 aromatic rings. The second-order valence-electron chi connectivity index (χ2n) is 4.49. The minimum atomic E-state index is -0.341. The van der Waals surface area contributed by atoms with Gasteiger partial charge in [-0.05, 0) is 48.4 Å². The van der Waals surface area contributed by atoms with Crippen molar-refractivity contribution in [1.82, 2.24) is 5.32 Å². The highest BCUT2D eigenvalue weighted by molar-refractivity contribution is 5.95. The maximum absolute atomic E-state index is 13.0. The van der Waals surface area contributed by atoms with Crippen LogP contribution in [0.25, 0.3) is 0 Å². The number of halogens is 1. The average molecular weight is 273 g/mol. The Bertz CT molecular complexity index is 626. The third kappa shape index (κ3) is 3.35. The Hall–Kier alpha value is -2.36. The van der Waals surface area contributed by atoms with Gasteiger partial charge in [0.1, 0.15) is 11.6 Å². The van der Waals surface area contributed by atoms with Crippen LogP contribution in [0.1, 0.15) is 21.5 Å². The van der Waals surface area contributed by atoms with Crippen molar-refractivity contribution in [2.45, 2.75) is 13.5 Å². The number of carbonyl (C=O) groups excluding carboxylic acids is 1. The highest BCUT2D eigenvalue weighted by Crippen LogP contribution is 2.13. The van der Waals surface area contributed by atoms with Crippen LogP contribution in [-0.2, 0) is 6.54 Å². The van der Waals surface area contributed by atoms with Gasteiger partial charge in [-0.25, -0.2) is 4.39 Å². The topological polar surface area (TPSA) is 38.3 Å². The first-order chi connectivity index (χ1) is 9.60. The molecule has 0 aromatic heterocycles. The van der Waals surface area contributed by atoms with Crippen LogP contribution in [0, 0.1) is 12.7 Å². The van der Waals surface area contributed by atoms with Crippen LogP contribution in [0.4, 0.5) is 4.39 Å². The number of amides is 1. The summed E-state index contributed by atoms with van der Waals surface area (Å²) in [5, 5.41) is 2.81. The standard InChI is InChI=1S/C16H16FNO2/c1-11-8-13(17)6-7-15(11)16(19)18-10-12-4-3-5-14(9-12)20-2/h3-9H,10H2,1-2H3,(H,18,19). The van der Waals surface area contributed by atoms with Gasteiger partial charge in [0.25, 0.3) is 5.91 Å².